The first-order valence-electron chi connectivity index (χ1n) is 6.74. The number of nitrogens with two attached hydrogens (primary N) is 1. The second kappa shape index (κ2) is 5.19. The lowest BCUT2D eigenvalue weighted by molar-refractivity contribution is 0.0493. The molecule has 0 aromatic heterocycles. The van der Waals surface area contributed by atoms with Crippen LogP contribution in [0.4, 0.5) is 0 Å². The molecule has 100 valence electrons. The van der Waals surface area contributed by atoms with Crippen LogP contribution in [0.25, 0.3) is 10.8 Å². The molecular weight excluding hydrogens is 238 g/mol. The molecule has 0 saturated carbocycles. The van der Waals surface area contributed by atoms with Crippen molar-refractivity contribution in [2.24, 2.45) is 5.73 Å². The van der Waals surface area contributed by atoms with E-state index >= 15 is 0 Å². The summed E-state index contributed by atoms with van der Waals surface area (Å²) in [4.78, 5) is 0. The molecule has 2 aromatic rings. The van der Waals surface area contributed by atoms with E-state index in [-0.39, 0.29) is 12.2 Å². The zero-order valence-electron chi connectivity index (χ0n) is 11.1. The normalized spacial score (nSPS) is 22.8. The monoisotopic (exact) mass is 257 g/mol. The minimum atomic E-state index is 0.0922. The number of rotatable bonds is 3. The third-order valence-electron chi connectivity index (χ3n) is 3.84. The fraction of sp³-hybridized carbons (Fsp3) is 0.375. The topological polar surface area (TPSA) is 44.5 Å². The van der Waals surface area contributed by atoms with E-state index < -0.39 is 0 Å². The third-order valence-corrected chi connectivity index (χ3v) is 3.84. The van der Waals surface area contributed by atoms with Gasteiger partial charge in [-0.25, -0.2) is 0 Å². The molecule has 0 amide bonds. The average molecular weight is 257 g/mol. The second-order valence-corrected chi connectivity index (χ2v) is 4.96. The molecule has 0 radical (unpaired) electrons. The van der Waals surface area contributed by atoms with Crippen LogP contribution in [-0.4, -0.2) is 19.8 Å². The molecule has 1 aliphatic rings. The SMILES string of the molecule is COc1ccc2ccccc2c1C1CC[C@H](CN)O1. The van der Waals surface area contributed by atoms with Crippen molar-refractivity contribution in [1.29, 1.82) is 0 Å². The largest absolute Gasteiger partial charge is 0.496 e. The van der Waals surface area contributed by atoms with E-state index in [2.05, 4.69) is 30.3 Å². The predicted octanol–water partition coefficient (Wildman–Crippen LogP) is 3.03. The molecule has 2 N–H and O–H groups in total. The molecule has 2 atom stereocenters. The van der Waals surface area contributed by atoms with E-state index in [0.717, 1.165) is 24.2 Å². The highest BCUT2D eigenvalue weighted by Gasteiger charge is 2.29. The molecule has 3 nitrogen and oxygen atoms in total. The van der Waals surface area contributed by atoms with Crippen LogP contribution in [0.1, 0.15) is 24.5 Å². The van der Waals surface area contributed by atoms with Crippen LogP contribution in [0.2, 0.25) is 0 Å². The maximum absolute atomic E-state index is 6.04. The summed E-state index contributed by atoms with van der Waals surface area (Å²) in [5.74, 6) is 0.904. The molecule has 0 bridgehead atoms. The highest BCUT2D eigenvalue weighted by Crippen LogP contribution is 2.41. The molecule has 1 unspecified atom stereocenters. The minimum absolute atomic E-state index is 0.0922. The first-order valence-corrected chi connectivity index (χ1v) is 6.74. The number of benzene rings is 2. The van der Waals surface area contributed by atoms with Gasteiger partial charge in [0.15, 0.2) is 0 Å². The standard InChI is InChI=1S/C16H19NO2/c1-18-14-8-6-11-4-2-3-5-13(11)16(14)15-9-7-12(10-17)19-15/h2-6,8,12,15H,7,9-10,17H2,1H3/t12-,15?/m1/s1. The van der Waals surface area contributed by atoms with E-state index in [4.69, 9.17) is 15.2 Å². The van der Waals surface area contributed by atoms with Crippen molar-refractivity contribution >= 4 is 10.8 Å². The zero-order valence-corrected chi connectivity index (χ0v) is 11.1. The van der Waals surface area contributed by atoms with Crippen LogP contribution < -0.4 is 10.5 Å². The van der Waals surface area contributed by atoms with Crippen LogP contribution in [-0.2, 0) is 4.74 Å². The summed E-state index contributed by atoms with van der Waals surface area (Å²) >= 11 is 0. The van der Waals surface area contributed by atoms with E-state index in [1.165, 1.54) is 10.8 Å². The molecular formula is C16H19NO2. The zero-order chi connectivity index (χ0) is 13.2. The summed E-state index contributed by atoms with van der Waals surface area (Å²) in [5, 5.41) is 2.43. The van der Waals surface area contributed by atoms with Crippen LogP contribution >= 0.6 is 0 Å². The fourth-order valence-electron chi connectivity index (χ4n) is 2.88. The summed E-state index contributed by atoms with van der Waals surface area (Å²) in [6.07, 6.45) is 2.29. The molecule has 3 rings (SSSR count). The van der Waals surface area contributed by atoms with E-state index in [9.17, 15) is 0 Å². The summed E-state index contributed by atoms with van der Waals surface area (Å²) in [5.41, 5.74) is 6.86. The number of fused-ring (bicyclic) bond motifs is 1. The lowest BCUT2D eigenvalue weighted by Gasteiger charge is -2.18. The van der Waals surface area contributed by atoms with Gasteiger partial charge in [0.1, 0.15) is 5.75 Å². The molecule has 19 heavy (non-hydrogen) atoms. The molecule has 0 aliphatic carbocycles. The van der Waals surface area contributed by atoms with Crippen LogP contribution in [0.15, 0.2) is 36.4 Å². The van der Waals surface area contributed by atoms with E-state index in [0.29, 0.717) is 6.54 Å². The lowest BCUT2D eigenvalue weighted by Crippen LogP contribution is -2.19. The van der Waals surface area contributed by atoms with Gasteiger partial charge in [0.05, 0.1) is 19.3 Å². The summed E-state index contributed by atoms with van der Waals surface area (Å²) in [7, 11) is 1.71. The Bertz CT molecular complexity index is 582. The smallest absolute Gasteiger partial charge is 0.125 e. The Morgan fingerprint density at radius 2 is 2.05 bits per heavy atom. The van der Waals surface area contributed by atoms with Gasteiger partial charge in [0, 0.05) is 12.1 Å². The van der Waals surface area contributed by atoms with Gasteiger partial charge in [0.25, 0.3) is 0 Å². The third kappa shape index (κ3) is 2.20. The average Bonchev–Trinajstić information content (AvgIpc) is 2.94. The van der Waals surface area contributed by atoms with Crippen molar-refractivity contribution in [3.63, 3.8) is 0 Å². The second-order valence-electron chi connectivity index (χ2n) is 4.96. The Labute approximate surface area is 113 Å². The van der Waals surface area contributed by atoms with Gasteiger partial charge in [-0.2, -0.15) is 0 Å². The van der Waals surface area contributed by atoms with Gasteiger partial charge in [-0.05, 0) is 29.7 Å². The highest BCUT2D eigenvalue weighted by molar-refractivity contribution is 5.88. The van der Waals surface area contributed by atoms with Gasteiger partial charge in [0.2, 0.25) is 0 Å². The number of hydrogen-bond acceptors (Lipinski definition) is 3. The van der Waals surface area contributed by atoms with Crippen molar-refractivity contribution in [3.05, 3.63) is 42.0 Å². The van der Waals surface area contributed by atoms with Gasteiger partial charge in [-0.1, -0.05) is 30.3 Å². The molecule has 1 aliphatic heterocycles. The van der Waals surface area contributed by atoms with Crippen molar-refractivity contribution in [2.75, 3.05) is 13.7 Å². The lowest BCUT2D eigenvalue weighted by atomic mass is 9.97. The summed E-state index contributed by atoms with van der Waals surface area (Å²) < 4.78 is 11.6. The van der Waals surface area contributed by atoms with Gasteiger partial charge >= 0.3 is 0 Å². The number of methoxy groups -OCH3 is 1. The number of ether oxygens (including phenoxy) is 2. The first kappa shape index (κ1) is 12.5. The van der Waals surface area contributed by atoms with Crippen molar-refractivity contribution in [1.82, 2.24) is 0 Å². The molecule has 1 heterocycles. The first-order chi connectivity index (χ1) is 9.33. The minimum Gasteiger partial charge on any atom is -0.496 e. The highest BCUT2D eigenvalue weighted by atomic mass is 16.5. The van der Waals surface area contributed by atoms with Crippen LogP contribution in [0, 0.1) is 0 Å². The van der Waals surface area contributed by atoms with Crippen molar-refractivity contribution in [2.45, 2.75) is 25.0 Å². The van der Waals surface area contributed by atoms with E-state index in [1.54, 1.807) is 7.11 Å². The van der Waals surface area contributed by atoms with Gasteiger partial charge in [-0.15, -0.1) is 0 Å². The van der Waals surface area contributed by atoms with Crippen molar-refractivity contribution < 1.29 is 9.47 Å². The Balaban J connectivity index is 2.10. The van der Waals surface area contributed by atoms with Crippen LogP contribution in [0.5, 0.6) is 5.75 Å². The quantitative estimate of drug-likeness (QED) is 0.919. The Kier molecular flexibility index (Phi) is 3.40. The molecule has 3 heteroatoms. The Morgan fingerprint density at radius 3 is 2.79 bits per heavy atom. The summed E-state index contributed by atoms with van der Waals surface area (Å²) in [6.45, 7) is 0.587. The summed E-state index contributed by atoms with van der Waals surface area (Å²) in [6, 6.07) is 12.5. The molecule has 0 spiro atoms. The number of hydrogen-bond donors (Lipinski definition) is 1. The molecule has 1 fully saturated rings. The van der Waals surface area contributed by atoms with Crippen LogP contribution in [0.3, 0.4) is 0 Å². The Morgan fingerprint density at radius 1 is 1.21 bits per heavy atom. The van der Waals surface area contributed by atoms with Crippen molar-refractivity contribution in [3.8, 4) is 5.75 Å². The maximum atomic E-state index is 6.04. The predicted molar refractivity (Wildman–Crippen MR) is 76.4 cm³/mol. The Hall–Kier alpha value is -1.58. The molecule has 1 saturated heterocycles. The van der Waals surface area contributed by atoms with E-state index in [1.807, 2.05) is 6.07 Å². The fourth-order valence-corrected chi connectivity index (χ4v) is 2.88. The van der Waals surface area contributed by atoms with Gasteiger partial charge in [-0.3, -0.25) is 0 Å². The van der Waals surface area contributed by atoms with Gasteiger partial charge < -0.3 is 15.2 Å². The molecule has 2 aromatic carbocycles. The maximum Gasteiger partial charge on any atom is 0.125 e.